The second-order valence-corrected chi connectivity index (χ2v) is 6.88. The lowest BCUT2D eigenvalue weighted by atomic mass is 10.1. The van der Waals surface area contributed by atoms with Gasteiger partial charge in [-0.2, -0.15) is 0 Å². The fourth-order valence-corrected chi connectivity index (χ4v) is 4.22. The summed E-state index contributed by atoms with van der Waals surface area (Å²) in [5.74, 6) is -2.00. The van der Waals surface area contributed by atoms with Crippen LogP contribution in [0.15, 0.2) is 15.9 Å². The van der Waals surface area contributed by atoms with Gasteiger partial charge in [0, 0.05) is 13.1 Å². The Kier molecular flexibility index (Phi) is 4.36. The third-order valence-electron chi connectivity index (χ3n) is 4.51. The fourth-order valence-electron chi connectivity index (χ4n) is 3.29. The Hall–Kier alpha value is -2.13. The molecular formula is C17H16F2N2O4S. The molecule has 1 aromatic heterocycles. The van der Waals surface area contributed by atoms with Crippen molar-refractivity contribution < 1.29 is 23.0 Å². The van der Waals surface area contributed by atoms with Gasteiger partial charge in [0.15, 0.2) is 5.82 Å². The Morgan fingerprint density at radius 1 is 1.35 bits per heavy atom. The molecule has 1 fully saturated rings. The molecule has 2 aliphatic heterocycles. The van der Waals surface area contributed by atoms with Gasteiger partial charge in [0.2, 0.25) is 5.43 Å². The lowest BCUT2D eigenvalue weighted by molar-refractivity contribution is 0.0518. The van der Waals surface area contributed by atoms with Crippen LogP contribution in [0.4, 0.5) is 14.5 Å². The maximum Gasteiger partial charge on any atom is 0.344 e. The predicted octanol–water partition coefficient (Wildman–Crippen LogP) is 2.36. The number of halogens is 2. The highest BCUT2D eigenvalue weighted by Crippen LogP contribution is 2.40. The molecule has 0 radical (unpaired) electrons. The van der Waals surface area contributed by atoms with Gasteiger partial charge >= 0.3 is 5.97 Å². The number of thioether (sulfide) groups is 1. The minimum atomic E-state index is -0.823. The number of carbonyl (C=O) groups excluding carboxylic acids is 1. The molecule has 6 nitrogen and oxygen atoms in total. The third kappa shape index (κ3) is 2.49. The van der Waals surface area contributed by atoms with E-state index in [1.807, 2.05) is 0 Å². The maximum atomic E-state index is 15.2. The van der Waals surface area contributed by atoms with E-state index in [9.17, 15) is 14.0 Å². The normalized spacial score (nSPS) is 16.3. The van der Waals surface area contributed by atoms with Crippen LogP contribution in [0.3, 0.4) is 0 Å². The van der Waals surface area contributed by atoms with Crippen LogP contribution >= 0.6 is 11.8 Å². The number of hydrogen-bond donors (Lipinski definition) is 0. The number of benzene rings is 1. The highest BCUT2D eigenvalue weighted by Gasteiger charge is 2.32. The smallest absolute Gasteiger partial charge is 0.344 e. The summed E-state index contributed by atoms with van der Waals surface area (Å²) in [5.41, 5.74) is -0.993. The summed E-state index contributed by atoms with van der Waals surface area (Å²) in [6.45, 7) is 3.24. The zero-order valence-electron chi connectivity index (χ0n) is 14.0. The van der Waals surface area contributed by atoms with Crippen LogP contribution in [-0.2, 0) is 15.4 Å². The van der Waals surface area contributed by atoms with E-state index in [4.69, 9.17) is 9.47 Å². The highest BCUT2D eigenvalue weighted by atomic mass is 32.2. The van der Waals surface area contributed by atoms with Gasteiger partial charge in [0.05, 0.1) is 41.6 Å². The zero-order chi connectivity index (χ0) is 18.4. The molecule has 0 bridgehead atoms. The van der Waals surface area contributed by atoms with E-state index >= 15 is 4.39 Å². The van der Waals surface area contributed by atoms with Crippen LogP contribution in [-0.4, -0.2) is 43.4 Å². The van der Waals surface area contributed by atoms with Crippen LogP contribution in [0.2, 0.25) is 0 Å². The van der Waals surface area contributed by atoms with Crippen molar-refractivity contribution in [3.8, 4) is 0 Å². The lowest BCUT2D eigenvalue weighted by Gasteiger charge is -2.31. The molecule has 0 unspecified atom stereocenters. The molecule has 0 atom stereocenters. The van der Waals surface area contributed by atoms with Crippen molar-refractivity contribution in [1.29, 1.82) is 0 Å². The zero-order valence-corrected chi connectivity index (χ0v) is 14.8. The Balaban J connectivity index is 1.97. The van der Waals surface area contributed by atoms with Crippen molar-refractivity contribution in [2.45, 2.75) is 17.8 Å². The van der Waals surface area contributed by atoms with Gasteiger partial charge in [-0.25, -0.2) is 13.6 Å². The average molecular weight is 382 g/mol. The number of aromatic nitrogens is 1. The number of morpholine rings is 1. The first kappa shape index (κ1) is 17.3. The molecule has 1 saturated heterocycles. The Labute approximate surface area is 151 Å². The fraction of sp³-hybridized carbons (Fsp3) is 0.412. The average Bonchev–Trinajstić information content (AvgIpc) is 2.60. The molecule has 138 valence electrons. The van der Waals surface area contributed by atoms with E-state index in [0.29, 0.717) is 37.2 Å². The van der Waals surface area contributed by atoms with Crippen LogP contribution in [0.25, 0.3) is 10.9 Å². The molecule has 0 N–H and O–H groups in total. The van der Waals surface area contributed by atoms with Gasteiger partial charge in [-0.1, -0.05) is 11.8 Å². The van der Waals surface area contributed by atoms with E-state index in [1.54, 1.807) is 11.8 Å². The number of ether oxygens (including phenoxy) is 2. The molecular weight excluding hydrogens is 366 g/mol. The summed E-state index contributed by atoms with van der Waals surface area (Å²) in [5, 5.41) is 0.212. The summed E-state index contributed by atoms with van der Waals surface area (Å²) in [7, 11) is 0. The van der Waals surface area contributed by atoms with E-state index < -0.39 is 23.0 Å². The van der Waals surface area contributed by atoms with E-state index in [2.05, 4.69) is 0 Å². The minimum absolute atomic E-state index is 0.0275. The van der Waals surface area contributed by atoms with Gasteiger partial charge in [-0.3, -0.25) is 4.79 Å². The molecule has 0 spiro atoms. The maximum absolute atomic E-state index is 15.2. The largest absolute Gasteiger partial charge is 0.462 e. The molecule has 3 heterocycles. The summed E-state index contributed by atoms with van der Waals surface area (Å²) in [4.78, 5) is 26.5. The topological polar surface area (TPSA) is 60.8 Å². The summed E-state index contributed by atoms with van der Waals surface area (Å²) in [6.07, 6.45) is 0. The van der Waals surface area contributed by atoms with Crippen LogP contribution < -0.4 is 10.3 Å². The Morgan fingerprint density at radius 3 is 2.69 bits per heavy atom. The second-order valence-electron chi connectivity index (χ2n) is 5.95. The van der Waals surface area contributed by atoms with Crippen molar-refractivity contribution >= 4 is 34.3 Å². The number of carbonyl (C=O) groups is 1. The number of hydrogen-bond acceptors (Lipinski definition) is 6. The minimum Gasteiger partial charge on any atom is -0.462 e. The van der Waals surface area contributed by atoms with Crippen molar-refractivity contribution in [1.82, 2.24) is 4.57 Å². The Morgan fingerprint density at radius 2 is 2.08 bits per heavy atom. The molecule has 0 aliphatic carbocycles. The van der Waals surface area contributed by atoms with Crippen LogP contribution in [0.1, 0.15) is 17.3 Å². The molecule has 4 rings (SSSR count). The van der Waals surface area contributed by atoms with Crippen molar-refractivity contribution in [2.24, 2.45) is 0 Å². The van der Waals surface area contributed by atoms with E-state index in [-0.39, 0.29) is 28.8 Å². The van der Waals surface area contributed by atoms with Crippen LogP contribution in [0.5, 0.6) is 0 Å². The van der Waals surface area contributed by atoms with E-state index in [0.717, 1.165) is 6.07 Å². The van der Waals surface area contributed by atoms with Gasteiger partial charge in [0.25, 0.3) is 0 Å². The summed E-state index contributed by atoms with van der Waals surface area (Å²) < 4.78 is 41.6. The molecule has 0 amide bonds. The summed E-state index contributed by atoms with van der Waals surface area (Å²) >= 11 is 1.26. The first-order chi connectivity index (χ1) is 12.5. The highest BCUT2D eigenvalue weighted by molar-refractivity contribution is 7.99. The number of nitrogens with zero attached hydrogens (tertiary/aromatic N) is 2. The number of fused-ring (bicyclic) bond motifs is 3. The van der Waals surface area contributed by atoms with Gasteiger partial charge < -0.3 is 18.9 Å². The van der Waals surface area contributed by atoms with Gasteiger partial charge in [-0.05, 0) is 13.0 Å². The quantitative estimate of drug-likeness (QED) is 0.760. The first-order valence-corrected chi connectivity index (χ1v) is 9.24. The second kappa shape index (κ2) is 6.55. The lowest BCUT2D eigenvalue weighted by Crippen LogP contribution is -2.38. The van der Waals surface area contributed by atoms with Gasteiger partial charge in [-0.15, -0.1) is 0 Å². The summed E-state index contributed by atoms with van der Waals surface area (Å²) in [6, 6.07) is 1.02. The van der Waals surface area contributed by atoms with Crippen molar-refractivity contribution in [3.05, 3.63) is 33.5 Å². The predicted molar refractivity (Wildman–Crippen MR) is 93.0 cm³/mol. The van der Waals surface area contributed by atoms with Crippen molar-refractivity contribution in [2.75, 3.05) is 37.8 Å². The number of anilines is 1. The molecule has 1 aromatic carbocycles. The molecule has 2 aromatic rings. The molecule has 2 aliphatic rings. The van der Waals surface area contributed by atoms with E-state index in [1.165, 1.54) is 16.3 Å². The van der Waals surface area contributed by atoms with Crippen LogP contribution in [0, 0.1) is 11.6 Å². The molecule has 26 heavy (non-hydrogen) atoms. The number of rotatable bonds is 3. The standard InChI is InChI=1S/C17H16F2N2O4S/c1-2-25-17(23)11-15(22)9-7-10(18)14(20-3-5-24-6-4-20)12(19)13(9)21-8-26-16(11)21/h7H,2-6,8H2,1H3. The number of pyridine rings is 1. The van der Waals surface area contributed by atoms with Crippen molar-refractivity contribution in [3.63, 3.8) is 0 Å². The molecule has 0 saturated carbocycles. The number of esters is 1. The monoisotopic (exact) mass is 382 g/mol. The third-order valence-corrected chi connectivity index (χ3v) is 5.59. The Bertz CT molecular complexity index is 970. The molecule has 9 heteroatoms. The first-order valence-electron chi connectivity index (χ1n) is 8.25. The SMILES string of the molecule is CCOC(=O)c1c2n(c3c(F)c(N4CCOCC4)c(F)cc3c1=O)CS2. The van der Waals surface area contributed by atoms with Gasteiger partial charge in [0.1, 0.15) is 17.1 Å².